The number of rotatable bonds is 3. The van der Waals surface area contributed by atoms with Gasteiger partial charge in [-0.15, -0.1) is 0 Å². The molecule has 0 aliphatic carbocycles. The lowest BCUT2D eigenvalue weighted by molar-refractivity contribution is -0.123. The average Bonchev–Trinajstić information content (AvgIpc) is 2.60. The third kappa shape index (κ3) is 3.33. The summed E-state index contributed by atoms with van der Waals surface area (Å²) >= 11 is 0. The van der Waals surface area contributed by atoms with E-state index in [1.807, 2.05) is 52.1 Å². The van der Waals surface area contributed by atoms with Gasteiger partial charge in [0.2, 0.25) is 5.91 Å². The highest BCUT2D eigenvalue weighted by Crippen LogP contribution is 2.30. The van der Waals surface area contributed by atoms with Gasteiger partial charge in [-0.3, -0.25) is 9.59 Å². The molecule has 0 fully saturated rings. The molecule has 3 rings (SSSR count). The second-order valence-electron chi connectivity index (χ2n) is 7.15. The van der Waals surface area contributed by atoms with Gasteiger partial charge < -0.3 is 15.1 Å². The molecule has 5 heteroatoms. The summed E-state index contributed by atoms with van der Waals surface area (Å²) in [5.74, 6) is 0.320. The summed E-state index contributed by atoms with van der Waals surface area (Å²) in [5.41, 5.74) is 1.81. The van der Waals surface area contributed by atoms with Gasteiger partial charge >= 0.3 is 0 Å². The van der Waals surface area contributed by atoms with Crippen molar-refractivity contribution >= 4 is 28.3 Å². The van der Waals surface area contributed by atoms with Crippen molar-refractivity contribution < 1.29 is 9.21 Å². The molecule has 2 N–H and O–H groups in total. The minimum absolute atomic E-state index is 0.158. The number of nitrogens with one attached hydrogen (secondary N) is 2. The zero-order valence-corrected chi connectivity index (χ0v) is 15.3. The molecule has 0 aliphatic rings. The van der Waals surface area contributed by atoms with Gasteiger partial charge in [-0.2, -0.15) is 0 Å². The van der Waals surface area contributed by atoms with Crippen LogP contribution in [0.3, 0.4) is 0 Å². The quantitative estimate of drug-likeness (QED) is 0.730. The molecule has 0 unspecified atom stereocenters. The fourth-order valence-electron chi connectivity index (χ4n) is 2.67. The number of carbonyl (C=O) groups excluding carboxylic acids is 1. The summed E-state index contributed by atoms with van der Waals surface area (Å²) in [6.07, 6.45) is 0. The summed E-state index contributed by atoms with van der Waals surface area (Å²) in [4.78, 5) is 25.1. The highest BCUT2D eigenvalue weighted by Gasteiger charge is 2.22. The molecule has 0 saturated heterocycles. The molecule has 0 spiro atoms. The number of hydrogen-bond acceptors (Lipinski definition) is 4. The second-order valence-corrected chi connectivity index (χ2v) is 7.15. The maximum atomic E-state index is 12.8. The van der Waals surface area contributed by atoms with Gasteiger partial charge in [-0.05, 0) is 24.3 Å². The molecule has 0 aliphatic heterocycles. The fourth-order valence-corrected chi connectivity index (χ4v) is 2.67. The van der Waals surface area contributed by atoms with E-state index < -0.39 is 5.41 Å². The van der Waals surface area contributed by atoms with Gasteiger partial charge in [0.05, 0.1) is 11.1 Å². The molecule has 0 bridgehead atoms. The van der Waals surface area contributed by atoms with E-state index in [0.29, 0.717) is 22.4 Å². The molecular formula is C21H22N2O3. The Hall–Kier alpha value is -3.08. The largest absolute Gasteiger partial charge is 0.456 e. The normalized spacial score (nSPS) is 11.4. The molecule has 5 nitrogen and oxygen atoms in total. The molecule has 2 aromatic carbocycles. The summed E-state index contributed by atoms with van der Waals surface area (Å²) in [5, 5.41) is 6.30. The predicted octanol–water partition coefficient (Wildman–Crippen LogP) is 4.49. The first-order valence-corrected chi connectivity index (χ1v) is 8.47. The van der Waals surface area contributed by atoms with Crippen molar-refractivity contribution in [2.75, 3.05) is 17.7 Å². The van der Waals surface area contributed by atoms with Crippen LogP contribution in [0.25, 0.3) is 22.3 Å². The Balaban J connectivity index is 2.14. The monoisotopic (exact) mass is 350 g/mol. The third-order valence-corrected chi connectivity index (χ3v) is 4.15. The first-order valence-electron chi connectivity index (χ1n) is 8.47. The molecule has 0 atom stereocenters. The molecule has 0 radical (unpaired) electrons. The van der Waals surface area contributed by atoms with E-state index in [2.05, 4.69) is 10.6 Å². The first kappa shape index (κ1) is 17.7. The molecule has 26 heavy (non-hydrogen) atoms. The Kier molecular flexibility index (Phi) is 4.55. The minimum atomic E-state index is -0.561. The fraction of sp³-hybridized carbons (Fsp3) is 0.238. The van der Waals surface area contributed by atoms with Gasteiger partial charge in [-0.1, -0.05) is 39.0 Å². The van der Waals surface area contributed by atoms with Crippen LogP contribution in [0.4, 0.5) is 11.4 Å². The van der Waals surface area contributed by atoms with Crippen molar-refractivity contribution in [3.05, 3.63) is 58.8 Å². The SMILES string of the molecule is CNc1ccccc1-c1cc(=O)c2c(NC(=O)C(C)(C)C)cccc2o1. The van der Waals surface area contributed by atoms with E-state index in [1.54, 1.807) is 18.2 Å². The summed E-state index contributed by atoms with van der Waals surface area (Å²) in [6.45, 7) is 5.47. The van der Waals surface area contributed by atoms with Crippen molar-refractivity contribution in [1.29, 1.82) is 0 Å². The van der Waals surface area contributed by atoms with E-state index >= 15 is 0 Å². The van der Waals surface area contributed by atoms with Crippen molar-refractivity contribution in [1.82, 2.24) is 0 Å². The van der Waals surface area contributed by atoms with E-state index in [4.69, 9.17) is 4.42 Å². The van der Waals surface area contributed by atoms with Crippen molar-refractivity contribution in [2.24, 2.45) is 5.41 Å². The highest BCUT2D eigenvalue weighted by molar-refractivity contribution is 6.02. The Labute approximate surface area is 152 Å². The lowest BCUT2D eigenvalue weighted by Crippen LogP contribution is -2.28. The Morgan fingerprint density at radius 2 is 1.69 bits per heavy atom. The van der Waals surface area contributed by atoms with Crippen LogP contribution < -0.4 is 16.1 Å². The highest BCUT2D eigenvalue weighted by atomic mass is 16.3. The number of anilines is 2. The van der Waals surface area contributed by atoms with Crippen LogP contribution in [0, 0.1) is 5.41 Å². The average molecular weight is 350 g/mol. The number of amides is 1. The second kappa shape index (κ2) is 6.67. The molecular weight excluding hydrogens is 328 g/mol. The molecule has 1 aromatic heterocycles. The standard InChI is InChI=1S/C21H22N2O3/c1-21(2,3)20(25)23-15-10-7-11-17-19(15)16(24)12-18(26-17)13-8-5-6-9-14(13)22-4/h5-12,22H,1-4H3,(H,23,25). The Bertz CT molecular complexity index is 1030. The van der Waals surface area contributed by atoms with Crippen molar-refractivity contribution in [3.63, 3.8) is 0 Å². The number of benzene rings is 2. The van der Waals surface area contributed by atoms with Gasteiger partial charge in [0.25, 0.3) is 0 Å². The van der Waals surface area contributed by atoms with Crippen molar-refractivity contribution in [3.8, 4) is 11.3 Å². The van der Waals surface area contributed by atoms with Gasteiger partial charge in [-0.25, -0.2) is 0 Å². The Morgan fingerprint density at radius 1 is 1.00 bits per heavy atom. The van der Waals surface area contributed by atoms with Crippen LogP contribution in [0.2, 0.25) is 0 Å². The van der Waals surface area contributed by atoms with E-state index in [0.717, 1.165) is 11.3 Å². The van der Waals surface area contributed by atoms with Crippen molar-refractivity contribution in [2.45, 2.75) is 20.8 Å². The topological polar surface area (TPSA) is 71.3 Å². The third-order valence-electron chi connectivity index (χ3n) is 4.15. The molecule has 1 amide bonds. The molecule has 1 heterocycles. The summed E-state index contributed by atoms with van der Waals surface area (Å²) in [6, 6.07) is 14.3. The smallest absolute Gasteiger partial charge is 0.229 e. The molecule has 0 saturated carbocycles. The summed E-state index contributed by atoms with van der Waals surface area (Å²) < 4.78 is 5.99. The maximum absolute atomic E-state index is 12.8. The van der Waals surface area contributed by atoms with Crippen LogP contribution in [-0.4, -0.2) is 13.0 Å². The first-order chi connectivity index (χ1) is 12.3. The Morgan fingerprint density at radius 3 is 2.38 bits per heavy atom. The lowest BCUT2D eigenvalue weighted by atomic mass is 9.95. The van der Waals surface area contributed by atoms with Crippen LogP contribution in [0.1, 0.15) is 20.8 Å². The van der Waals surface area contributed by atoms with E-state index in [9.17, 15) is 9.59 Å². The number of para-hydroxylation sites is 1. The van der Waals surface area contributed by atoms with Crippen LogP contribution in [0.5, 0.6) is 0 Å². The van der Waals surface area contributed by atoms with Gasteiger partial charge in [0.1, 0.15) is 11.3 Å². The van der Waals surface area contributed by atoms with Gasteiger partial charge in [0, 0.05) is 29.8 Å². The molecule has 3 aromatic rings. The number of fused-ring (bicyclic) bond motifs is 1. The number of hydrogen-bond donors (Lipinski definition) is 2. The minimum Gasteiger partial charge on any atom is -0.456 e. The predicted molar refractivity (Wildman–Crippen MR) is 106 cm³/mol. The van der Waals surface area contributed by atoms with Crippen LogP contribution in [0.15, 0.2) is 57.7 Å². The van der Waals surface area contributed by atoms with Gasteiger partial charge in [0.15, 0.2) is 5.43 Å². The zero-order chi connectivity index (χ0) is 18.9. The van der Waals surface area contributed by atoms with E-state index in [-0.39, 0.29) is 11.3 Å². The van der Waals surface area contributed by atoms with Crippen LogP contribution >= 0.6 is 0 Å². The summed E-state index contributed by atoms with van der Waals surface area (Å²) in [7, 11) is 1.82. The molecule has 134 valence electrons. The zero-order valence-electron chi connectivity index (χ0n) is 15.3. The lowest BCUT2D eigenvalue weighted by Gasteiger charge is -2.18. The van der Waals surface area contributed by atoms with Crippen LogP contribution in [-0.2, 0) is 4.79 Å². The maximum Gasteiger partial charge on any atom is 0.229 e. The van der Waals surface area contributed by atoms with E-state index in [1.165, 1.54) is 6.07 Å². The number of carbonyl (C=O) groups is 1.